The zero-order valence-corrected chi connectivity index (χ0v) is 11.9. The Morgan fingerprint density at radius 3 is 2.84 bits per heavy atom. The first kappa shape index (κ1) is 14.4. The Labute approximate surface area is 116 Å². The minimum Gasteiger partial charge on any atom is -0.491 e. The molecule has 0 bridgehead atoms. The highest BCUT2D eigenvalue weighted by Crippen LogP contribution is 2.28. The summed E-state index contributed by atoms with van der Waals surface area (Å²) in [6.45, 7) is 6.31. The molecule has 0 saturated heterocycles. The van der Waals surface area contributed by atoms with Crippen molar-refractivity contribution in [2.24, 2.45) is 5.92 Å². The van der Waals surface area contributed by atoms with Crippen molar-refractivity contribution in [1.29, 1.82) is 0 Å². The second kappa shape index (κ2) is 8.18. The van der Waals surface area contributed by atoms with Crippen LogP contribution in [0.5, 0.6) is 5.75 Å². The molecule has 3 nitrogen and oxygen atoms in total. The van der Waals surface area contributed by atoms with Crippen LogP contribution in [0.4, 0.5) is 0 Å². The van der Waals surface area contributed by atoms with Crippen LogP contribution in [0.25, 0.3) is 0 Å². The topological polar surface area (TPSA) is 30.5 Å². The maximum atomic E-state index is 5.81. The van der Waals surface area contributed by atoms with Gasteiger partial charge in [0.1, 0.15) is 12.4 Å². The lowest BCUT2D eigenvalue weighted by Gasteiger charge is -2.12. The van der Waals surface area contributed by atoms with Gasteiger partial charge in [-0.1, -0.05) is 25.1 Å². The third kappa shape index (κ3) is 5.62. The molecule has 1 aliphatic carbocycles. The molecule has 2 rings (SSSR count). The smallest absolute Gasteiger partial charge is 0.123 e. The van der Waals surface area contributed by atoms with Crippen LogP contribution in [-0.2, 0) is 11.3 Å². The predicted octanol–water partition coefficient (Wildman–Crippen LogP) is 2.99. The van der Waals surface area contributed by atoms with Crippen molar-refractivity contribution in [1.82, 2.24) is 5.32 Å². The quantitative estimate of drug-likeness (QED) is 0.658. The van der Waals surface area contributed by atoms with Gasteiger partial charge in [-0.3, -0.25) is 0 Å². The van der Waals surface area contributed by atoms with Crippen molar-refractivity contribution in [2.45, 2.75) is 32.7 Å². The van der Waals surface area contributed by atoms with Gasteiger partial charge in [0.15, 0.2) is 0 Å². The molecule has 1 aromatic rings. The van der Waals surface area contributed by atoms with E-state index in [1.165, 1.54) is 18.4 Å². The van der Waals surface area contributed by atoms with Crippen LogP contribution in [0.3, 0.4) is 0 Å². The summed E-state index contributed by atoms with van der Waals surface area (Å²) in [5.74, 6) is 1.80. The number of rotatable bonds is 10. The molecule has 1 fully saturated rings. The summed E-state index contributed by atoms with van der Waals surface area (Å²) < 4.78 is 11.4. The largest absolute Gasteiger partial charge is 0.491 e. The molecule has 0 radical (unpaired) electrons. The summed E-state index contributed by atoms with van der Waals surface area (Å²) >= 11 is 0. The molecule has 1 aromatic carbocycles. The Hall–Kier alpha value is -1.06. The summed E-state index contributed by atoms with van der Waals surface area (Å²) in [4.78, 5) is 0. The van der Waals surface area contributed by atoms with E-state index in [-0.39, 0.29) is 0 Å². The van der Waals surface area contributed by atoms with E-state index in [4.69, 9.17) is 9.47 Å². The van der Waals surface area contributed by atoms with Gasteiger partial charge in [-0.15, -0.1) is 0 Å². The minimum atomic E-state index is 0.636. The lowest BCUT2D eigenvalue weighted by Crippen LogP contribution is -2.15. The van der Waals surface area contributed by atoms with Crippen LogP contribution >= 0.6 is 0 Å². The van der Waals surface area contributed by atoms with E-state index in [1.54, 1.807) is 0 Å². The molecule has 0 heterocycles. The first-order valence-electron chi connectivity index (χ1n) is 7.39. The fourth-order valence-electron chi connectivity index (χ4n) is 1.94. The Balaban J connectivity index is 1.68. The zero-order valence-electron chi connectivity index (χ0n) is 11.9. The molecule has 0 atom stereocenters. The molecular weight excluding hydrogens is 238 g/mol. The van der Waals surface area contributed by atoms with Crippen molar-refractivity contribution in [3.8, 4) is 5.75 Å². The molecule has 0 spiro atoms. The van der Waals surface area contributed by atoms with Gasteiger partial charge in [0, 0.05) is 18.7 Å². The van der Waals surface area contributed by atoms with Crippen LogP contribution in [0.2, 0.25) is 0 Å². The molecule has 0 amide bonds. The van der Waals surface area contributed by atoms with Crippen molar-refractivity contribution in [3.63, 3.8) is 0 Å². The van der Waals surface area contributed by atoms with Crippen molar-refractivity contribution >= 4 is 0 Å². The van der Waals surface area contributed by atoms with E-state index >= 15 is 0 Å². The molecule has 106 valence electrons. The van der Waals surface area contributed by atoms with E-state index in [0.29, 0.717) is 13.2 Å². The predicted molar refractivity (Wildman–Crippen MR) is 77.5 cm³/mol. The highest BCUT2D eigenvalue weighted by atomic mass is 16.5. The van der Waals surface area contributed by atoms with Crippen LogP contribution in [-0.4, -0.2) is 26.4 Å². The standard InChI is InChI=1S/C16H25NO2/c1-2-9-17-12-15-5-3-4-6-16(15)19-11-10-18-13-14-7-8-14/h3-6,14,17H,2,7-13H2,1H3. The van der Waals surface area contributed by atoms with E-state index in [9.17, 15) is 0 Å². The molecule has 0 unspecified atom stereocenters. The Bertz CT molecular complexity index is 364. The summed E-state index contributed by atoms with van der Waals surface area (Å²) in [6.07, 6.45) is 3.83. The monoisotopic (exact) mass is 263 g/mol. The van der Waals surface area contributed by atoms with Gasteiger partial charge in [-0.25, -0.2) is 0 Å². The third-order valence-corrected chi connectivity index (χ3v) is 3.25. The van der Waals surface area contributed by atoms with E-state index in [1.807, 2.05) is 12.1 Å². The van der Waals surface area contributed by atoms with E-state index in [2.05, 4.69) is 24.4 Å². The lowest BCUT2D eigenvalue weighted by molar-refractivity contribution is 0.0924. The van der Waals surface area contributed by atoms with Crippen molar-refractivity contribution < 1.29 is 9.47 Å². The molecule has 0 aliphatic heterocycles. The molecule has 19 heavy (non-hydrogen) atoms. The number of para-hydroxylation sites is 1. The number of nitrogens with one attached hydrogen (secondary N) is 1. The average molecular weight is 263 g/mol. The van der Waals surface area contributed by atoms with Gasteiger partial charge in [-0.2, -0.15) is 0 Å². The van der Waals surface area contributed by atoms with Gasteiger partial charge in [0.2, 0.25) is 0 Å². The fraction of sp³-hybridized carbons (Fsp3) is 0.625. The minimum absolute atomic E-state index is 0.636. The Kier molecular flexibility index (Phi) is 6.18. The number of hydrogen-bond acceptors (Lipinski definition) is 3. The SMILES string of the molecule is CCCNCc1ccccc1OCCOCC1CC1. The van der Waals surface area contributed by atoms with Crippen molar-refractivity contribution in [3.05, 3.63) is 29.8 Å². The third-order valence-electron chi connectivity index (χ3n) is 3.25. The Morgan fingerprint density at radius 2 is 2.05 bits per heavy atom. The summed E-state index contributed by atoms with van der Waals surface area (Å²) in [7, 11) is 0. The fourth-order valence-corrected chi connectivity index (χ4v) is 1.94. The Morgan fingerprint density at radius 1 is 1.21 bits per heavy atom. The number of ether oxygens (including phenoxy) is 2. The summed E-state index contributed by atoms with van der Waals surface area (Å²) in [5, 5.41) is 3.41. The first-order chi connectivity index (χ1) is 9.40. The highest BCUT2D eigenvalue weighted by molar-refractivity contribution is 5.33. The van der Waals surface area contributed by atoms with Crippen LogP contribution in [0.1, 0.15) is 31.7 Å². The summed E-state index contributed by atoms with van der Waals surface area (Å²) in [6, 6.07) is 8.22. The number of benzene rings is 1. The van der Waals surface area contributed by atoms with E-state index in [0.717, 1.165) is 37.8 Å². The van der Waals surface area contributed by atoms with Gasteiger partial charge in [-0.05, 0) is 37.8 Å². The molecule has 1 aliphatic rings. The first-order valence-corrected chi connectivity index (χ1v) is 7.39. The molecule has 1 N–H and O–H groups in total. The highest BCUT2D eigenvalue weighted by Gasteiger charge is 2.20. The summed E-state index contributed by atoms with van der Waals surface area (Å²) in [5.41, 5.74) is 1.22. The average Bonchev–Trinajstić information content (AvgIpc) is 3.24. The maximum Gasteiger partial charge on any atom is 0.123 e. The molecule has 1 saturated carbocycles. The van der Waals surface area contributed by atoms with Crippen molar-refractivity contribution in [2.75, 3.05) is 26.4 Å². The van der Waals surface area contributed by atoms with Crippen LogP contribution in [0.15, 0.2) is 24.3 Å². The zero-order chi connectivity index (χ0) is 13.3. The normalized spacial score (nSPS) is 14.6. The second-order valence-corrected chi connectivity index (χ2v) is 5.15. The molecule has 3 heteroatoms. The second-order valence-electron chi connectivity index (χ2n) is 5.15. The van der Waals surface area contributed by atoms with Crippen LogP contribution in [0, 0.1) is 5.92 Å². The lowest BCUT2D eigenvalue weighted by atomic mass is 10.2. The maximum absolute atomic E-state index is 5.81. The van der Waals surface area contributed by atoms with Gasteiger partial charge in [0.05, 0.1) is 6.61 Å². The van der Waals surface area contributed by atoms with Gasteiger partial charge in [0.25, 0.3) is 0 Å². The van der Waals surface area contributed by atoms with Gasteiger partial charge >= 0.3 is 0 Å². The van der Waals surface area contributed by atoms with Gasteiger partial charge < -0.3 is 14.8 Å². The van der Waals surface area contributed by atoms with E-state index < -0.39 is 0 Å². The molecular formula is C16H25NO2. The van der Waals surface area contributed by atoms with Crippen LogP contribution < -0.4 is 10.1 Å². The number of hydrogen-bond donors (Lipinski definition) is 1. The molecule has 0 aromatic heterocycles.